The second-order valence-corrected chi connectivity index (χ2v) is 6.12. The highest BCUT2D eigenvalue weighted by Gasteiger charge is 2.23. The van der Waals surface area contributed by atoms with Gasteiger partial charge in [0.2, 0.25) is 10.0 Å². The summed E-state index contributed by atoms with van der Waals surface area (Å²) < 4.78 is 43.5. The summed E-state index contributed by atoms with van der Waals surface area (Å²) in [6.07, 6.45) is 0.157. The molecule has 1 rings (SSSR count). The molecule has 0 N–H and O–H groups in total. The van der Waals surface area contributed by atoms with Crippen molar-refractivity contribution in [3.8, 4) is 0 Å². The number of carbonyl (C=O) groups excluding carboxylic acids is 1. The van der Waals surface area contributed by atoms with Crippen LogP contribution in [0.25, 0.3) is 0 Å². The Bertz CT molecular complexity index is 559. The number of anilines is 1. The third kappa shape index (κ3) is 4.19. The Kier molecular flexibility index (Phi) is 5.94. The first-order valence-corrected chi connectivity index (χ1v) is 7.85. The van der Waals surface area contributed by atoms with Crippen LogP contribution in [0.4, 0.5) is 10.1 Å². The van der Waals surface area contributed by atoms with E-state index in [2.05, 4.69) is 4.74 Å². The molecule has 0 radical (unpaired) electrons. The molecule has 0 amide bonds. The minimum atomic E-state index is -3.67. The van der Waals surface area contributed by atoms with Crippen LogP contribution in [0.15, 0.2) is 24.3 Å². The smallest absolute Gasteiger partial charge is 0.305 e. The SMILES string of the molecule is CCN(c1ccccc1F)S(=O)(=O)CCCC(=O)OC. The second kappa shape index (κ2) is 7.23. The van der Waals surface area contributed by atoms with E-state index in [1.54, 1.807) is 13.0 Å². The van der Waals surface area contributed by atoms with Crippen LogP contribution in [0.3, 0.4) is 0 Å². The summed E-state index contributed by atoms with van der Waals surface area (Å²) in [5, 5.41) is 0. The van der Waals surface area contributed by atoms with Gasteiger partial charge in [-0.2, -0.15) is 0 Å². The van der Waals surface area contributed by atoms with Crippen molar-refractivity contribution in [1.82, 2.24) is 0 Å². The molecule has 0 aliphatic rings. The van der Waals surface area contributed by atoms with Gasteiger partial charge in [0.25, 0.3) is 0 Å². The summed E-state index contributed by atoms with van der Waals surface area (Å²) in [6, 6.07) is 5.69. The molecule has 0 atom stereocenters. The Balaban J connectivity index is 2.83. The highest BCUT2D eigenvalue weighted by molar-refractivity contribution is 7.92. The first-order chi connectivity index (χ1) is 9.42. The lowest BCUT2D eigenvalue weighted by Crippen LogP contribution is -2.33. The maximum Gasteiger partial charge on any atom is 0.305 e. The number of ether oxygens (including phenoxy) is 1. The van der Waals surface area contributed by atoms with Crippen molar-refractivity contribution >= 4 is 21.7 Å². The van der Waals surface area contributed by atoms with Crippen molar-refractivity contribution < 1.29 is 22.3 Å². The average Bonchev–Trinajstić information content (AvgIpc) is 2.41. The van der Waals surface area contributed by atoms with E-state index in [9.17, 15) is 17.6 Å². The molecule has 0 heterocycles. The number of sulfonamides is 1. The maximum atomic E-state index is 13.7. The molecule has 0 bridgehead atoms. The zero-order valence-corrected chi connectivity index (χ0v) is 12.3. The Morgan fingerprint density at radius 3 is 2.55 bits per heavy atom. The summed E-state index contributed by atoms with van der Waals surface area (Å²) in [4.78, 5) is 11.0. The number of esters is 1. The number of para-hydroxylation sites is 1. The normalized spacial score (nSPS) is 11.2. The Hall–Kier alpha value is -1.63. The number of rotatable bonds is 7. The van der Waals surface area contributed by atoms with Gasteiger partial charge < -0.3 is 4.74 Å². The topological polar surface area (TPSA) is 63.7 Å². The predicted octanol–water partition coefficient (Wildman–Crippen LogP) is 1.94. The van der Waals surface area contributed by atoms with Crippen LogP contribution >= 0.6 is 0 Å². The summed E-state index contributed by atoms with van der Waals surface area (Å²) in [5.74, 6) is -1.29. The number of methoxy groups -OCH3 is 1. The highest BCUT2D eigenvalue weighted by Crippen LogP contribution is 2.22. The quantitative estimate of drug-likeness (QED) is 0.722. The van der Waals surface area contributed by atoms with Gasteiger partial charge in [-0.1, -0.05) is 12.1 Å². The third-order valence-electron chi connectivity index (χ3n) is 2.76. The van der Waals surface area contributed by atoms with Gasteiger partial charge in [0.15, 0.2) is 0 Å². The van der Waals surface area contributed by atoms with Crippen LogP contribution in [0.1, 0.15) is 19.8 Å². The van der Waals surface area contributed by atoms with Gasteiger partial charge in [0, 0.05) is 13.0 Å². The molecule has 7 heteroatoms. The first kappa shape index (κ1) is 16.4. The van der Waals surface area contributed by atoms with Gasteiger partial charge in [0.1, 0.15) is 5.82 Å². The lowest BCUT2D eigenvalue weighted by Gasteiger charge is -2.23. The van der Waals surface area contributed by atoms with Crippen molar-refractivity contribution in [3.05, 3.63) is 30.1 Å². The van der Waals surface area contributed by atoms with E-state index in [1.165, 1.54) is 25.3 Å². The van der Waals surface area contributed by atoms with Gasteiger partial charge in [-0.05, 0) is 25.5 Å². The minimum absolute atomic E-state index is 0.0184. The fourth-order valence-corrected chi connectivity index (χ4v) is 3.35. The Morgan fingerprint density at radius 1 is 1.35 bits per heavy atom. The van der Waals surface area contributed by atoms with Gasteiger partial charge in [0.05, 0.1) is 18.6 Å². The van der Waals surface area contributed by atoms with Crippen molar-refractivity contribution in [2.75, 3.05) is 23.7 Å². The van der Waals surface area contributed by atoms with E-state index >= 15 is 0 Å². The Labute approximate surface area is 118 Å². The van der Waals surface area contributed by atoms with Gasteiger partial charge in [-0.15, -0.1) is 0 Å². The van der Waals surface area contributed by atoms with Crippen molar-refractivity contribution in [1.29, 1.82) is 0 Å². The van der Waals surface area contributed by atoms with E-state index < -0.39 is 21.8 Å². The summed E-state index contributed by atoms with van der Waals surface area (Å²) in [7, 11) is -2.42. The molecule has 1 aromatic carbocycles. The fourth-order valence-electron chi connectivity index (χ4n) is 1.78. The molecule has 5 nitrogen and oxygen atoms in total. The van der Waals surface area contributed by atoms with Crippen LogP contribution in [0.2, 0.25) is 0 Å². The largest absolute Gasteiger partial charge is 0.469 e. The zero-order chi connectivity index (χ0) is 15.2. The van der Waals surface area contributed by atoms with Crippen LogP contribution in [-0.2, 0) is 19.6 Å². The minimum Gasteiger partial charge on any atom is -0.469 e. The molecule has 0 saturated heterocycles. The molecule has 1 aromatic rings. The van der Waals surface area contributed by atoms with Gasteiger partial charge in [-0.25, -0.2) is 12.8 Å². The number of nitrogens with zero attached hydrogens (tertiary/aromatic N) is 1. The number of benzene rings is 1. The first-order valence-electron chi connectivity index (χ1n) is 6.24. The van der Waals surface area contributed by atoms with Crippen molar-refractivity contribution in [2.45, 2.75) is 19.8 Å². The molecule has 0 aliphatic heterocycles. The standard InChI is InChI=1S/C13H18FNO4S/c1-3-15(12-8-5-4-7-11(12)14)20(17,18)10-6-9-13(16)19-2/h4-5,7-8H,3,6,9-10H2,1-2H3. The van der Waals surface area contributed by atoms with Gasteiger partial charge >= 0.3 is 5.97 Å². The fraction of sp³-hybridized carbons (Fsp3) is 0.462. The second-order valence-electron chi connectivity index (χ2n) is 4.11. The highest BCUT2D eigenvalue weighted by atomic mass is 32.2. The summed E-state index contributed by atoms with van der Waals surface area (Å²) >= 11 is 0. The molecular weight excluding hydrogens is 285 g/mol. The molecule has 0 fully saturated rings. The van der Waals surface area contributed by atoms with Crippen molar-refractivity contribution in [2.24, 2.45) is 0 Å². The third-order valence-corrected chi connectivity index (χ3v) is 4.69. The van der Waals surface area contributed by atoms with E-state index in [0.717, 1.165) is 4.31 Å². The molecule has 20 heavy (non-hydrogen) atoms. The summed E-state index contributed by atoms with van der Waals surface area (Å²) in [6.45, 7) is 1.76. The van der Waals surface area contributed by atoms with E-state index in [-0.39, 0.29) is 30.8 Å². The number of hydrogen-bond acceptors (Lipinski definition) is 4. The van der Waals surface area contributed by atoms with Gasteiger partial charge in [-0.3, -0.25) is 9.10 Å². The molecular formula is C13H18FNO4S. The predicted molar refractivity (Wildman–Crippen MR) is 74.5 cm³/mol. The molecule has 112 valence electrons. The zero-order valence-electron chi connectivity index (χ0n) is 11.5. The van der Waals surface area contributed by atoms with Crippen molar-refractivity contribution in [3.63, 3.8) is 0 Å². The van der Waals surface area contributed by atoms with E-state index in [4.69, 9.17) is 0 Å². The van der Waals surface area contributed by atoms with Crippen LogP contribution in [-0.4, -0.2) is 33.8 Å². The number of carbonyl (C=O) groups is 1. The molecule has 0 unspecified atom stereocenters. The van der Waals surface area contributed by atoms with Crippen LogP contribution < -0.4 is 4.31 Å². The van der Waals surface area contributed by atoms with E-state index in [1.807, 2.05) is 0 Å². The summed E-state index contributed by atoms with van der Waals surface area (Å²) in [5.41, 5.74) is 0.0214. The molecule has 0 aliphatic carbocycles. The average molecular weight is 303 g/mol. The maximum absolute atomic E-state index is 13.7. The van der Waals surface area contributed by atoms with E-state index in [0.29, 0.717) is 0 Å². The van der Waals surface area contributed by atoms with Crippen LogP contribution in [0.5, 0.6) is 0 Å². The lowest BCUT2D eigenvalue weighted by atomic mass is 10.3. The lowest BCUT2D eigenvalue weighted by molar-refractivity contribution is -0.140. The molecule has 0 aromatic heterocycles. The Morgan fingerprint density at radius 2 is 2.00 bits per heavy atom. The molecule has 0 spiro atoms. The van der Waals surface area contributed by atoms with Crippen LogP contribution in [0, 0.1) is 5.82 Å². The number of halogens is 1. The monoisotopic (exact) mass is 303 g/mol. The number of hydrogen-bond donors (Lipinski definition) is 0. The molecule has 0 saturated carbocycles.